The molecule has 0 bridgehead atoms. The molecule has 1 aromatic rings. The second kappa shape index (κ2) is 6.04. The predicted molar refractivity (Wildman–Crippen MR) is 77.4 cm³/mol. The maximum absolute atomic E-state index is 12.2. The molecule has 1 aliphatic rings. The number of pyridine rings is 1. The Kier molecular flexibility index (Phi) is 4.40. The van der Waals surface area contributed by atoms with Crippen LogP contribution in [-0.2, 0) is 0 Å². The molecule has 0 aromatic carbocycles. The van der Waals surface area contributed by atoms with Crippen LogP contribution in [0.4, 0.5) is 5.82 Å². The van der Waals surface area contributed by atoms with Gasteiger partial charge in [0.25, 0.3) is 5.91 Å². The molecule has 2 rings (SSSR count). The summed E-state index contributed by atoms with van der Waals surface area (Å²) < 4.78 is 0. The van der Waals surface area contributed by atoms with Crippen molar-refractivity contribution in [2.75, 3.05) is 18.9 Å². The van der Waals surface area contributed by atoms with E-state index in [0.29, 0.717) is 11.5 Å². The van der Waals surface area contributed by atoms with Crippen molar-refractivity contribution in [3.8, 4) is 0 Å². The number of nitrogens with one attached hydrogen (secondary N) is 2. The van der Waals surface area contributed by atoms with Crippen molar-refractivity contribution in [2.24, 2.45) is 11.8 Å². The summed E-state index contributed by atoms with van der Waals surface area (Å²) in [5, 5.41) is 6.03. The molecule has 0 saturated heterocycles. The molecule has 0 radical (unpaired) electrons. The van der Waals surface area contributed by atoms with E-state index < -0.39 is 0 Å². The average molecular weight is 261 g/mol. The molecule has 4 heteroatoms. The lowest BCUT2D eigenvalue weighted by molar-refractivity contribution is 0.0944. The Morgan fingerprint density at radius 1 is 1.42 bits per heavy atom. The minimum absolute atomic E-state index is 0.00102. The highest BCUT2D eigenvalue weighted by Gasteiger charge is 2.23. The van der Waals surface area contributed by atoms with Gasteiger partial charge in [0.05, 0.1) is 0 Å². The molecule has 19 heavy (non-hydrogen) atoms. The van der Waals surface area contributed by atoms with Crippen molar-refractivity contribution in [1.29, 1.82) is 0 Å². The van der Waals surface area contributed by atoms with E-state index in [1.165, 1.54) is 19.3 Å². The summed E-state index contributed by atoms with van der Waals surface area (Å²) in [6.07, 6.45) is 3.82. The normalized spacial score (nSPS) is 22.3. The number of anilines is 1. The SMILES string of the molecule is CNc1cc(C(=O)NCC2CCCC2C)cc(C)n1. The standard InChI is InChI=1S/C15H23N3O/c1-10-5-4-6-12(10)9-17-15(19)13-7-11(2)18-14(8-13)16-3/h7-8,10,12H,4-6,9H2,1-3H3,(H,16,18)(H,17,19). The zero-order valence-electron chi connectivity index (χ0n) is 12.0. The van der Waals surface area contributed by atoms with Crippen LogP contribution in [0.25, 0.3) is 0 Å². The molecule has 1 heterocycles. The molecule has 1 aliphatic carbocycles. The summed E-state index contributed by atoms with van der Waals surface area (Å²) in [7, 11) is 1.81. The third kappa shape index (κ3) is 3.46. The summed E-state index contributed by atoms with van der Waals surface area (Å²) >= 11 is 0. The Balaban J connectivity index is 1.97. The molecule has 0 aliphatic heterocycles. The van der Waals surface area contributed by atoms with Crippen LogP contribution >= 0.6 is 0 Å². The Labute approximate surface area is 115 Å². The Morgan fingerprint density at radius 3 is 2.84 bits per heavy atom. The van der Waals surface area contributed by atoms with Crippen LogP contribution in [0, 0.1) is 18.8 Å². The van der Waals surface area contributed by atoms with Gasteiger partial charge in [0.15, 0.2) is 0 Å². The van der Waals surface area contributed by atoms with Crippen molar-refractivity contribution in [2.45, 2.75) is 33.1 Å². The van der Waals surface area contributed by atoms with Crippen molar-refractivity contribution in [3.63, 3.8) is 0 Å². The first-order chi connectivity index (χ1) is 9.10. The first kappa shape index (κ1) is 13.8. The number of carbonyl (C=O) groups is 1. The number of aromatic nitrogens is 1. The van der Waals surface area contributed by atoms with E-state index in [0.717, 1.165) is 24.0 Å². The molecule has 1 amide bonds. The molecule has 1 aromatic heterocycles. The molecular formula is C15H23N3O. The smallest absolute Gasteiger partial charge is 0.251 e. The third-order valence-electron chi connectivity index (χ3n) is 4.04. The van der Waals surface area contributed by atoms with E-state index in [9.17, 15) is 4.79 Å². The third-order valence-corrected chi connectivity index (χ3v) is 4.04. The van der Waals surface area contributed by atoms with Crippen molar-refractivity contribution >= 4 is 11.7 Å². The molecule has 0 spiro atoms. The van der Waals surface area contributed by atoms with Gasteiger partial charge >= 0.3 is 0 Å². The first-order valence-corrected chi connectivity index (χ1v) is 7.05. The number of rotatable bonds is 4. The number of nitrogens with zero attached hydrogens (tertiary/aromatic N) is 1. The lowest BCUT2D eigenvalue weighted by atomic mass is 9.98. The van der Waals surface area contributed by atoms with Crippen LogP contribution < -0.4 is 10.6 Å². The predicted octanol–water partition coefficient (Wildman–Crippen LogP) is 2.60. The Hall–Kier alpha value is -1.58. The molecule has 1 fully saturated rings. The fraction of sp³-hybridized carbons (Fsp3) is 0.600. The molecule has 2 unspecified atom stereocenters. The van der Waals surface area contributed by atoms with E-state index in [-0.39, 0.29) is 5.91 Å². The Morgan fingerprint density at radius 2 is 2.21 bits per heavy atom. The van der Waals surface area contributed by atoms with E-state index in [1.54, 1.807) is 6.07 Å². The van der Waals surface area contributed by atoms with Crippen molar-refractivity contribution in [3.05, 3.63) is 23.4 Å². The molecular weight excluding hydrogens is 238 g/mol. The summed E-state index contributed by atoms with van der Waals surface area (Å²) in [5.74, 6) is 2.10. The molecule has 1 saturated carbocycles. The minimum Gasteiger partial charge on any atom is -0.373 e. The highest BCUT2D eigenvalue weighted by Crippen LogP contribution is 2.30. The van der Waals surface area contributed by atoms with E-state index in [1.807, 2.05) is 20.0 Å². The highest BCUT2D eigenvalue weighted by molar-refractivity contribution is 5.95. The quantitative estimate of drug-likeness (QED) is 0.876. The largest absolute Gasteiger partial charge is 0.373 e. The van der Waals surface area contributed by atoms with Gasteiger partial charge in [-0.25, -0.2) is 4.98 Å². The van der Waals surface area contributed by atoms with Crippen LogP contribution in [-0.4, -0.2) is 24.5 Å². The van der Waals surface area contributed by atoms with Crippen molar-refractivity contribution < 1.29 is 4.79 Å². The maximum Gasteiger partial charge on any atom is 0.251 e. The summed E-state index contributed by atoms with van der Waals surface area (Å²) in [4.78, 5) is 16.5. The molecule has 104 valence electrons. The van der Waals surface area contributed by atoms with Crippen LogP contribution in [0.15, 0.2) is 12.1 Å². The van der Waals surface area contributed by atoms with E-state index in [2.05, 4.69) is 22.5 Å². The van der Waals surface area contributed by atoms with Gasteiger partial charge in [-0.15, -0.1) is 0 Å². The second-order valence-electron chi connectivity index (χ2n) is 5.51. The van der Waals surface area contributed by atoms with Gasteiger partial charge in [0, 0.05) is 24.8 Å². The number of hydrogen-bond acceptors (Lipinski definition) is 3. The number of carbonyl (C=O) groups excluding carboxylic acids is 1. The van der Waals surface area contributed by atoms with Gasteiger partial charge in [-0.05, 0) is 37.3 Å². The van der Waals surface area contributed by atoms with E-state index in [4.69, 9.17) is 0 Å². The highest BCUT2D eigenvalue weighted by atomic mass is 16.1. The second-order valence-corrected chi connectivity index (χ2v) is 5.51. The summed E-state index contributed by atoms with van der Waals surface area (Å²) in [5.41, 5.74) is 1.54. The lowest BCUT2D eigenvalue weighted by Gasteiger charge is -2.16. The molecule has 2 atom stereocenters. The van der Waals surface area contributed by atoms with Gasteiger partial charge in [0.1, 0.15) is 5.82 Å². The minimum atomic E-state index is 0.00102. The molecule has 4 nitrogen and oxygen atoms in total. The summed E-state index contributed by atoms with van der Waals surface area (Å²) in [6.45, 7) is 4.96. The fourth-order valence-corrected chi connectivity index (χ4v) is 2.78. The topological polar surface area (TPSA) is 54.0 Å². The van der Waals surface area contributed by atoms with Gasteiger partial charge in [0.2, 0.25) is 0 Å². The number of aryl methyl sites for hydroxylation is 1. The van der Waals surface area contributed by atoms with Crippen LogP contribution in [0.1, 0.15) is 42.2 Å². The average Bonchev–Trinajstić information content (AvgIpc) is 2.80. The van der Waals surface area contributed by atoms with Gasteiger partial charge in [-0.1, -0.05) is 19.8 Å². The monoisotopic (exact) mass is 261 g/mol. The Bertz CT molecular complexity index is 459. The maximum atomic E-state index is 12.2. The summed E-state index contributed by atoms with van der Waals surface area (Å²) in [6, 6.07) is 3.62. The van der Waals surface area contributed by atoms with Crippen LogP contribution in [0.3, 0.4) is 0 Å². The van der Waals surface area contributed by atoms with Gasteiger partial charge in [-0.3, -0.25) is 4.79 Å². The number of amides is 1. The fourth-order valence-electron chi connectivity index (χ4n) is 2.78. The van der Waals surface area contributed by atoms with E-state index >= 15 is 0 Å². The van der Waals surface area contributed by atoms with Crippen LogP contribution in [0.5, 0.6) is 0 Å². The zero-order chi connectivity index (χ0) is 13.8. The van der Waals surface area contributed by atoms with Crippen molar-refractivity contribution in [1.82, 2.24) is 10.3 Å². The van der Waals surface area contributed by atoms with Gasteiger partial charge < -0.3 is 10.6 Å². The molecule has 2 N–H and O–H groups in total. The number of hydrogen-bond donors (Lipinski definition) is 2. The van der Waals surface area contributed by atoms with Gasteiger partial charge in [-0.2, -0.15) is 0 Å². The van der Waals surface area contributed by atoms with Crippen LogP contribution in [0.2, 0.25) is 0 Å². The lowest BCUT2D eigenvalue weighted by Crippen LogP contribution is -2.30. The first-order valence-electron chi connectivity index (χ1n) is 7.05. The zero-order valence-corrected chi connectivity index (χ0v) is 12.0.